The van der Waals surface area contributed by atoms with Crippen LogP contribution in [0.3, 0.4) is 0 Å². The Bertz CT molecular complexity index is 269. The fourth-order valence-corrected chi connectivity index (χ4v) is 2.49. The number of carbonyl (C=O) groups is 1. The number of methoxy groups -OCH3 is 1. The molecule has 0 saturated heterocycles. The van der Waals surface area contributed by atoms with Gasteiger partial charge in [0.2, 0.25) is 0 Å². The molecular formula is C8H11F2NO2. The molecule has 0 aliphatic heterocycles. The maximum Gasteiger partial charge on any atom is 0.326 e. The van der Waals surface area contributed by atoms with Gasteiger partial charge in [-0.3, -0.25) is 4.79 Å². The van der Waals surface area contributed by atoms with Gasteiger partial charge in [-0.25, -0.2) is 8.78 Å². The van der Waals surface area contributed by atoms with Crippen LogP contribution in [0.1, 0.15) is 12.8 Å². The van der Waals surface area contributed by atoms with E-state index in [1.54, 1.807) is 0 Å². The number of hydrogen-bond acceptors (Lipinski definition) is 3. The molecule has 5 heteroatoms. The van der Waals surface area contributed by atoms with Crippen LogP contribution < -0.4 is 5.73 Å². The summed E-state index contributed by atoms with van der Waals surface area (Å²) in [4.78, 5) is 11.1. The van der Waals surface area contributed by atoms with Crippen LogP contribution in [0, 0.1) is 11.8 Å². The topological polar surface area (TPSA) is 52.3 Å². The lowest BCUT2D eigenvalue weighted by molar-refractivity contribution is -0.146. The summed E-state index contributed by atoms with van der Waals surface area (Å²) in [6.45, 7) is 0. The van der Waals surface area contributed by atoms with Crippen LogP contribution in [0.15, 0.2) is 0 Å². The number of esters is 1. The van der Waals surface area contributed by atoms with E-state index in [0.717, 1.165) is 0 Å². The molecule has 0 amide bonds. The van der Waals surface area contributed by atoms with Gasteiger partial charge in [-0.2, -0.15) is 0 Å². The Balaban J connectivity index is 2.20. The second kappa shape index (κ2) is 2.20. The largest absolute Gasteiger partial charge is 0.468 e. The van der Waals surface area contributed by atoms with Gasteiger partial charge in [-0.05, 0) is 12.3 Å². The summed E-state index contributed by atoms with van der Waals surface area (Å²) in [7, 11) is 1.17. The Morgan fingerprint density at radius 3 is 2.62 bits per heavy atom. The average Bonchev–Trinajstić information content (AvgIpc) is 2.55. The van der Waals surface area contributed by atoms with Gasteiger partial charge in [0.15, 0.2) is 0 Å². The number of nitrogens with two attached hydrogens (primary N) is 1. The van der Waals surface area contributed by atoms with Crippen molar-refractivity contribution in [2.75, 3.05) is 7.11 Å². The molecule has 0 heterocycles. The maximum atomic E-state index is 13.1. The minimum atomic E-state index is -2.78. The van der Waals surface area contributed by atoms with Crippen LogP contribution in [0.5, 0.6) is 0 Å². The van der Waals surface area contributed by atoms with Gasteiger partial charge in [0, 0.05) is 6.42 Å². The predicted octanol–water partition coefficient (Wildman–Crippen LogP) is 0.532. The Morgan fingerprint density at radius 2 is 2.23 bits per heavy atom. The molecule has 2 aliphatic rings. The van der Waals surface area contributed by atoms with E-state index in [1.165, 1.54) is 7.11 Å². The van der Waals surface area contributed by atoms with Gasteiger partial charge in [0.25, 0.3) is 5.92 Å². The van der Waals surface area contributed by atoms with Crippen molar-refractivity contribution >= 4 is 5.97 Å². The molecule has 2 fully saturated rings. The van der Waals surface area contributed by atoms with Crippen molar-refractivity contribution in [3.63, 3.8) is 0 Å². The number of ether oxygens (including phenoxy) is 1. The summed E-state index contributed by atoms with van der Waals surface area (Å²) in [6, 6.07) is 0. The first-order valence-electron chi connectivity index (χ1n) is 4.19. The number of halogens is 2. The van der Waals surface area contributed by atoms with Crippen molar-refractivity contribution < 1.29 is 18.3 Å². The lowest BCUT2D eigenvalue weighted by Crippen LogP contribution is -2.43. The summed E-state index contributed by atoms with van der Waals surface area (Å²) in [6.07, 6.45) is 0.168. The van der Waals surface area contributed by atoms with Crippen LogP contribution in [0.4, 0.5) is 8.78 Å². The molecule has 0 radical (unpaired) electrons. The molecular weight excluding hydrogens is 180 g/mol. The van der Waals surface area contributed by atoms with Crippen LogP contribution in [0.2, 0.25) is 0 Å². The zero-order valence-corrected chi connectivity index (χ0v) is 7.22. The molecule has 2 aliphatic carbocycles. The third-order valence-electron chi connectivity index (χ3n) is 3.20. The predicted molar refractivity (Wildman–Crippen MR) is 40.1 cm³/mol. The van der Waals surface area contributed by atoms with Gasteiger partial charge in [0.1, 0.15) is 5.54 Å². The van der Waals surface area contributed by atoms with Gasteiger partial charge in [-0.1, -0.05) is 0 Å². The minimum absolute atomic E-state index is 0.154. The molecule has 2 rings (SSSR count). The van der Waals surface area contributed by atoms with E-state index >= 15 is 0 Å². The van der Waals surface area contributed by atoms with Crippen molar-refractivity contribution in [3.05, 3.63) is 0 Å². The fourth-order valence-electron chi connectivity index (χ4n) is 2.49. The third kappa shape index (κ3) is 0.879. The van der Waals surface area contributed by atoms with Crippen molar-refractivity contribution in [1.82, 2.24) is 0 Å². The second-order valence-corrected chi connectivity index (χ2v) is 3.81. The molecule has 0 aromatic rings. The van der Waals surface area contributed by atoms with Gasteiger partial charge >= 0.3 is 5.97 Å². The SMILES string of the molecule is COC(=O)C1(N)C2CCC(F)(F)C21. The summed E-state index contributed by atoms with van der Waals surface area (Å²) >= 11 is 0. The fraction of sp³-hybridized carbons (Fsp3) is 0.875. The summed E-state index contributed by atoms with van der Waals surface area (Å²) < 4.78 is 30.6. The smallest absolute Gasteiger partial charge is 0.326 e. The van der Waals surface area contributed by atoms with Crippen LogP contribution in [-0.2, 0) is 9.53 Å². The standard InChI is InChI=1S/C8H11F2NO2/c1-13-6(12)8(11)4-2-3-7(9,10)5(4)8/h4-5H,2-3,11H2,1H3. The molecule has 0 spiro atoms. The average molecular weight is 191 g/mol. The molecule has 0 bridgehead atoms. The zero-order valence-electron chi connectivity index (χ0n) is 7.22. The highest BCUT2D eigenvalue weighted by Gasteiger charge is 2.79. The normalized spacial score (nSPS) is 45.5. The van der Waals surface area contributed by atoms with Crippen LogP contribution in [0.25, 0.3) is 0 Å². The Morgan fingerprint density at radius 1 is 1.62 bits per heavy atom. The first kappa shape index (κ1) is 8.87. The molecule has 0 aromatic carbocycles. The number of hydrogen-bond donors (Lipinski definition) is 1. The highest BCUT2D eigenvalue weighted by atomic mass is 19.3. The van der Waals surface area contributed by atoms with E-state index in [1.807, 2.05) is 0 Å². The second-order valence-electron chi connectivity index (χ2n) is 3.81. The Hall–Kier alpha value is -0.710. The number of rotatable bonds is 1. The number of fused-ring (bicyclic) bond motifs is 1. The first-order valence-corrected chi connectivity index (χ1v) is 4.19. The highest BCUT2D eigenvalue weighted by Crippen LogP contribution is 2.65. The Kier molecular flexibility index (Phi) is 1.50. The Labute approximate surface area is 74.2 Å². The van der Waals surface area contributed by atoms with Gasteiger partial charge in [0.05, 0.1) is 13.0 Å². The van der Waals surface area contributed by atoms with Gasteiger partial charge in [-0.15, -0.1) is 0 Å². The van der Waals surface area contributed by atoms with Crippen molar-refractivity contribution in [2.24, 2.45) is 17.6 Å². The van der Waals surface area contributed by atoms with Crippen molar-refractivity contribution in [3.8, 4) is 0 Å². The number of carbonyl (C=O) groups excluding carboxylic acids is 1. The van der Waals surface area contributed by atoms with E-state index in [9.17, 15) is 13.6 Å². The van der Waals surface area contributed by atoms with E-state index < -0.39 is 23.3 Å². The van der Waals surface area contributed by atoms with Gasteiger partial charge < -0.3 is 10.5 Å². The highest BCUT2D eigenvalue weighted by molar-refractivity contribution is 5.86. The molecule has 74 valence electrons. The van der Waals surface area contributed by atoms with Crippen molar-refractivity contribution in [1.29, 1.82) is 0 Å². The number of alkyl halides is 2. The summed E-state index contributed by atoms with van der Waals surface area (Å²) in [5.41, 5.74) is 4.16. The minimum Gasteiger partial charge on any atom is -0.468 e. The van der Waals surface area contributed by atoms with E-state index in [0.29, 0.717) is 6.42 Å². The zero-order chi connectivity index (χ0) is 9.85. The third-order valence-corrected chi connectivity index (χ3v) is 3.20. The molecule has 13 heavy (non-hydrogen) atoms. The maximum absolute atomic E-state index is 13.1. The summed E-state index contributed by atoms with van der Waals surface area (Å²) in [5, 5.41) is 0. The monoisotopic (exact) mass is 191 g/mol. The van der Waals surface area contributed by atoms with E-state index in [2.05, 4.69) is 4.74 Å². The lowest BCUT2D eigenvalue weighted by atomic mass is 10.0. The molecule has 2 N–H and O–H groups in total. The molecule has 3 nitrogen and oxygen atoms in total. The molecule has 3 unspecified atom stereocenters. The molecule has 0 aromatic heterocycles. The molecule has 2 saturated carbocycles. The van der Waals surface area contributed by atoms with Crippen LogP contribution in [-0.4, -0.2) is 24.5 Å². The molecule has 3 atom stereocenters. The quantitative estimate of drug-likeness (QED) is 0.615. The van der Waals surface area contributed by atoms with E-state index in [4.69, 9.17) is 5.73 Å². The van der Waals surface area contributed by atoms with Crippen LogP contribution >= 0.6 is 0 Å². The lowest BCUT2D eigenvalue weighted by Gasteiger charge is -2.18. The van der Waals surface area contributed by atoms with Crippen molar-refractivity contribution in [2.45, 2.75) is 24.3 Å². The summed E-state index contributed by atoms with van der Waals surface area (Å²) in [5.74, 6) is -4.86. The van der Waals surface area contributed by atoms with E-state index in [-0.39, 0.29) is 12.3 Å². The first-order chi connectivity index (χ1) is 5.94.